The van der Waals surface area contributed by atoms with Gasteiger partial charge in [0, 0.05) is 17.4 Å². The summed E-state index contributed by atoms with van der Waals surface area (Å²) < 4.78 is 23.2. The monoisotopic (exact) mass is 224 g/mol. The minimum atomic E-state index is -3.58. The molecule has 2 rings (SSSR count). The fourth-order valence-corrected chi connectivity index (χ4v) is 3.22. The lowest BCUT2D eigenvalue weighted by Crippen LogP contribution is -1.93. The van der Waals surface area contributed by atoms with Gasteiger partial charge in [-0.15, -0.1) is 0 Å². The predicted octanol–water partition coefficient (Wildman–Crippen LogP) is 1.11. The number of allylic oxidation sites excluding steroid dienone is 1. The van der Waals surface area contributed by atoms with Gasteiger partial charge < -0.3 is 9.90 Å². The van der Waals surface area contributed by atoms with E-state index in [2.05, 4.69) is 0 Å². The molecule has 0 radical (unpaired) electrons. The standard InChI is InChI=1S/C10H8O4S/c11-5-4-7-6-15(13,14)10-8(7)2-1-3-9(10)12/h1-3,5-6,12H,4H2. The van der Waals surface area contributed by atoms with E-state index in [1.165, 1.54) is 6.07 Å². The summed E-state index contributed by atoms with van der Waals surface area (Å²) in [6, 6.07) is 4.44. The number of aldehydes is 1. The molecule has 1 aliphatic heterocycles. The first-order valence-electron chi connectivity index (χ1n) is 4.28. The maximum Gasteiger partial charge on any atom is 0.204 e. The van der Waals surface area contributed by atoms with Crippen LogP contribution in [-0.2, 0) is 14.6 Å². The second kappa shape index (κ2) is 3.20. The first-order valence-corrected chi connectivity index (χ1v) is 5.82. The molecule has 0 spiro atoms. The zero-order valence-corrected chi connectivity index (χ0v) is 8.49. The number of sulfone groups is 1. The molecule has 0 fully saturated rings. The number of carbonyl (C=O) groups is 1. The minimum Gasteiger partial charge on any atom is -0.507 e. The molecule has 1 aromatic carbocycles. The summed E-state index contributed by atoms with van der Waals surface area (Å²) in [5.41, 5.74) is 0.845. The van der Waals surface area contributed by atoms with Gasteiger partial charge in [0.2, 0.25) is 9.84 Å². The molecule has 1 N–H and O–H groups in total. The van der Waals surface area contributed by atoms with Gasteiger partial charge in [-0.1, -0.05) is 12.1 Å². The molecule has 0 unspecified atom stereocenters. The van der Waals surface area contributed by atoms with E-state index < -0.39 is 9.84 Å². The van der Waals surface area contributed by atoms with Gasteiger partial charge in [-0.3, -0.25) is 0 Å². The zero-order valence-electron chi connectivity index (χ0n) is 7.67. The van der Waals surface area contributed by atoms with Gasteiger partial charge in [-0.2, -0.15) is 0 Å². The molecule has 0 amide bonds. The normalized spacial score (nSPS) is 16.9. The first kappa shape index (κ1) is 9.92. The van der Waals surface area contributed by atoms with Crippen molar-refractivity contribution in [2.75, 3.05) is 0 Å². The minimum absolute atomic E-state index is 0.0374. The van der Waals surface area contributed by atoms with Crippen molar-refractivity contribution >= 4 is 21.7 Å². The molecule has 1 aromatic rings. The van der Waals surface area contributed by atoms with E-state index in [0.717, 1.165) is 5.41 Å². The van der Waals surface area contributed by atoms with Crippen molar-refractivity contribution in [3.05, 3.63) is 29.2 Å². The van der Waals surface area contributed by atoms with Gasteiger partial charge in [0.15, 0.2) is 0 Å². The van der Waals surface area contributed by atoms with Crippen LogP contribution in [0.2, 0.25) is 0 Å². The van der Waals surface area contributed by atoms with Crippen LogP contribution in [0.5, 0.6) is 5.75 Å². The third kappa shape index (κ3) is 1.45. The average molecular weight is 224 g/mol. The molecule has 0 atom stereocenters. The highest BCUT2D eigenvalue weighted by atomic mass is 32.2. The number of carbonyl (C=O) groups excluding carboxylic acids is 1. The van der Waals surface area contributed by atoms with Crippen molar-refractivity contribution in [3.8, 4) is 5.75 Å². The van der Waals surface area contributed by atoms with Crippen LogP contribution in [0, 0.1) is 0 Å². The summed E-state index contributed by atoms with van der Waals surface area (Å²) >= 11 is 0. The number of rotatable bonds is 2. The van der Waals surface area contributed by atoms with Crippen LogP contribution in [-0.4, -0.2) is 19.8 Å². The van der Waals surface area contributed by atoms with E-state index in [4.69, 9.17) is 0 Å². The van der Waals surface area contributed by atoms with E-state index in [9.17, 15) is 18.3 Å². The Bertz CT molecular complexity index is 555. The SMILES string of the molecule is O=CCC1=CS(=O)(=O)c2c(O)cccc21. The molecule has 0 saturated carbocycles. The lowest BCUT2D eigenvalue weighted by atomic mass is 10.1. The highest BCUT2D eigenvalue weighted by Crippen LogP contribution is 2.39. The maximum absolute atomic E-state index is 11.6. The molecule has 5 heteroatoms. The van der Waals surface area contributed by atoms with Crippen molar-refractivity contribution in [1.29, 1.82) is 0 Å². The van der Waals surface area contributed by atoms with Gasteiger partial charge >= 0.3 is 0 Å². The molecule has 78 valence electrons. The van der Waals surface area contributed by atoms with E-state index >= 15 is 0 Å². The average Bonchev–Trinajstić information content (AvgIpc) is 2.40. The molecule has 0 aliphatic carbocycles. The Morgan fingerprint density at radius 3 is 2.73 bits per heavy atom. The number of phenolic OH excluding ortho intramolecular Hbond substituents is 1. The number of hydrogen-bond acceptors (Lipinski definition) is 4. The van der Waals surface area contributed by atoms with Crippen molar-refractivity contribution in [1.82, 2.24) is 0 Å². The van der Waals surface area contributed by atoms with Crippen molar-refractivity contribution < 1.29 is 18.3 Å². The largest absolute Gasteiger partial charge is 0.507 e. The zero-order chi connectivity index (χ0) is 11.1. The second-order valence-corrected chi connectivity index (χ2v) is 4.95. The Morgan fingerprint density at radius 2 is 2.07 bits per heavy atom. The molecule has 1 heterocycles. The summed E-state index contributed by atoms with van der Waals surface area (Å²) in [7, 11) is -3.58. The molecule has 0 aromatic heterocycles. The van der Waals surface area contributed by atoms with Crippen molar-refractivity contribution in [2.45, 2.75) is 11.3 Å². The Morgan fingerprint density at radius 1 is 1.33 bits per heavy atom. The highest BCUT2D eigenvalue weighted by Gasteiger charge is 2.29. The van der Waals surface area contributed by atoms with E-state index in [0.29, 0.717) is 17.4 Å². The summed E-state index contributed by atoms with van der Waals surface area (Å²) in [5, 5.41) is 10.5. The van der Waals surface area contributed by atoms with Gasteiger partial charge in [0.05, 0.1) is 0 Å². The third-order valence-electron chi connectivity index (χ3n) is 2.23. The quantitative estimate of drug-likeness (QED) is 0.764. The molecular formula is C10H8O4S. The number of fused-ring (bicyclic) bond motifs is 1. The van der Waals surface area contributed by atoms with Crippen LogP contribution in [0.4, 0.5) is 0 Å². The predicted molar refractivity (Wildman–Crippen MR) is 54.0 cm³/mol. The smallest absolute Gasteiger partial charge is 0.204 e. The number of benzene rings is 1. The van der Waals surface area contributed by atoms with Crippen molar-refractivity contribution in [3.63, 3.8) is 0 Å². The van der Waals surface area contributed by atoms with E-state index in [1.807, 2.05) is 0 Å². The van der Waals surface area contributed by atoms with Crippen LogP contribution in [0.15, 0.2) is 28.5 Å². The maximum atomic E-state index is 11.6. The number of aromatic hydroxyl groups is 1. The molecule has 0 bridgehead atoms. The summed E-state index contributed by atoms with van der Waals surface area (Å²) in [6.45, 7) is 0. The van der Waals surface area contributed by atoms with Gasteiger partial charge in [0.25, 0.3) is 0 Å². The van der Waals surface area contributed by atoms with Crippen LogP contribution in [0.3, 0.4) is 0 Å². The summed E-state index contributed by atoms with van der Waals surface area (Å²) in [4.78, 5) is 10.3. The van der Waals surface area contributed by atoms with Crippen molar-refractivity contribution in [2.24, 2.45) is 0 Å². The topological polar surface area (TPSA) is 71.4 Å². The van der Waals surface area contributed by atoms with Crippen LogP contribution >= 0.6 is 0 Å². The lowest BCUT2D eigenvalue weighted by Gasteiger charge is -2.02. The Hall–Kier alpha value is -1.62. The molecule has 1 aliphatic rings. The molecular weight excluding hydrogens is 216 g/mol. The molecule has 4 nitrogen and oxygen atoms in total. The van der Waals surface area contributed by atoms with Gasteiger partial charge in [0.1, 0.15) is 16.9 Å². The van der Waals surface area contributed by atoms with Gasteiger partial charge in [-0.25, -0.2) is 8.42 Å². The fraction of sp³-hybridized carbons (Fsp3) is 0.100. The number of phenols is 1. The first-order chi connectivity index (χ1) is 7.06. The second-order valence-electron chi connectivity index (χ2n) is 3.21. The Balaban J connectivity index is 2.73. The van der Waals surface area contributed by atoms with Crippen LogP contribution < -0.4 is 0 Å². The van der Waals surface area contributed by atoms with E-state index in [-0.39, 0.29) is 17.1 Å². The Labute approximate surface area is 86.8 Å². The van der Waals surface area contributed by atoms with Gasteiger partial charge in [-0.05, 0) is 11.6 Å². The van der Waals surface area contributed by atoms with Crippen LogP contribution in [0.25, 0.3) is 5.57 Å². The molecule has 15 heavy (non-hydrogen) atoms. The molecule has 0 saturated heterocycles. The Kier molecular flexibility index (Phi) is 2.12. The number of hydrogen-bond donors (Lipinski definition) is 1. The van der Waals surface area contributed by atoms with Crippen LogP contribution in [0.1, 0.15) is 12.0 Å². The lowest BCUT2D eigenvalue weighted by molar-refractivity contribution is -0.107. The van der Waals surface area contributed by atoms with E-state index in [1.54, 1.807) is 12.1 Å². The highest BCUT2D eigenvalue weighted by molar-refractivity contribution is 7.95. The fourth-order valence-electron chi connectivity index (χ4n) is 1.63. The third-order valence-corrected chi connectivity index (χ3v) is 3.82. The summed E-state index contributed by atoms with van der Waals surface area (Å²) in [5.74, 6) is -0.273. The summed E-state index contributed by atoms with van der Waals surface area (Å²) in [6.07, 6.45) is 0.677.